The Morgan fingerprint density at radius 2 is 2.25 bits per heavy atom. The Morgan fingerprint density at radius 1 is 1.42 bits per heavy atom. The molecule has 0 aromatic rings. The van der Waals surface area contributed by atoms with Crippen molar-refractivity contribution in [2.24, 2.45) is 11.8 Å². The molecule has 1 aliphatic heterocycles. The second-order valence-electron chi connectivity index (χ2n) is 3.98. The molecule has 1 unspecified atom stereocenters. The zero-order chi connectivity index (χ0) is 8.55. The maximum absolute atomic E-state index is 10.7. The number of piperidine rings is 1. The van der Waals surface area contributed by atoms with Crippen LogP contribution < -0.4 is 5.32 Å². The number of hydrogen-bond donors (Lipinski definition) is 2. The van der Waals surface area contributed by atoms with Gasteiger partial charge in [0.15, 0.2) is 0 Å². The molecule has 0 aromatic heterocycles. The van der Waals surface area contributed by atoms with Gasteiger partial charge in [0, 0.05) is 12.6 Å². The van der Waals surface area contributed by atoms with Crippen molar-refractivity contribution >= 4 is 5.97 Å². The van der Waals surface area contributed by atoms with Gasteiger partial charge in [0.05, 0.1) is 5.92 Å². The molecule has 0 radical (unpaired) electrons. The van der Waals surface area contributed by atoms with Gasteiger partial charge in [-0.1, -0.05) is 6.42 Å². The Kier molecular flexibility index (Phi) is 2.05. The summed E-state index contributed by atoms with van der Waals surface area (Å²) in [5.74, 6) is -0.128. The minimum atomic E-state index is -0.632. The molecule has 2 aliphatic rings. The van der Waals surface area contributed by atoms with Crippen molar-refractivity contribution in [1.82, 2.24) is 5.32 Å². The van der Waals surface area contributed by atoms with Crippen molar-refractivity contribution in [1.29, 1.82) is 0 Å². The van der Waals surface area contributed by atoms with E-state index in [9.17, 15) is 4.79 Å². The molecule has 68 valence electrons. The molecule has 1 heterocycles. The molecule has 1 aliphatic carbocycles. The number of carboxylic acids is 1. The fraction of sp³-hybridized carbons (Fsp3) is 0.889. The van der Waals surface area contributed by atoms with Gasteiger partial charge < -0.3 is 10.4 Å². The second-order valence-corrected chi connectivity index (χ2v) is 3.98. The van der Waals surface area contributed by atoms with Crippen LogP contribution >= 0.6 is 0 Å². The normalized spacial score (nSPS) is 40.8. The quantitative estimate of drug-likeness (QED) is 0.611. The first-order valence-corrected chi connectivity index (χ1v) is 4.73. The molecule has 3 atom stereocenters. The molecule has 0 amide bonds. The molecule has 2 N–H and O–H groups in total. The summed E-state index contributed by atoms with van der Waals surface area (Å²) >= 11 is 0. The Labute approximate surface area is 72.2 Å². The maximum atomic E-state index is 10.7. The minimum Gasteiger partial charge on any atom is -0.481 e. The van der Waals surface area contributed by atoms with Crippen LogP contribution in [0.3, 0.4) is 0 Å². The summed E-state index contributed by atoms with van der Waals surface area (Å²) in [4.78, 5) is 10.7. The van der Waals surface area contributed by atoms with Crippen LogP contribution in [-0.4, -0.2) is 23.7 Å². The van der Waals surface area contributed by atoms with Crippen LogP contribution in [0.5, 0.6) is 0 Å². The summed E-state index contributed by atoms with van der Waals surface area (Å²) in [6, 6.07) is 0.626. The van der Waals surface area contributed by atoms with Crippen LogP contribution in [-0.2, 0) is 4.79 Å². The van der Waals surface area contributed by atoms with Crippen LogP contribution in [0.15, 0.2) is 0 Å². The van der Waals surface area contributed by atoms with Gasteiger partial charge in [0.1, 0.15) is 0 Å². The minimum absolute atomic E-state index is 0.135. The van der Waals surface area contributed by atoms with Crippen molar-refractivity contribution in [3.63, 3.8) is 0 Å². The van der Waals surface area contributed by atoms with Crippen LogP contribution in [0.2, 0.25) is 0 Å². The van der Waals surface area contributed by atoms with Crippen molar-refractivity contribution in [3.8, 4) is 0 Å². The van der Waals surface area contributed by atoms with Crippen molar-refractivity contribution in [3.05, 3.63) is 0 Å². The average Bonchev–Trinajstić information content (AvgIpc) is 2.49. The maximum Gasteiger partial charge on any atom is 0.307 e. The van der Waals surface area contributed by atoms with Gasteiger partial charge in [-0.15, -0.1) is 0 Å². The van der Waals surface area contributed by atoms with Crippen LogP contribution in [0, 0.1) is 11.8 Å². The summed E-state index contributed by atoms with van der Waals surface area (Å²) in [7, 11) is 0. The molecule has 3 nitrogen and oxygen atoms in total. The summed E-state index contributed by atoms with van der Waals surface area (Å²) in [5.41, 5.74) is 0. The van der Waals surface area contributed by atoms with E-state index in [2.05, 4.69) is 5.32 Å². The summed E-state index contributed by atoms with van der Waals surface area (Å²) in [6.45, 7) is 0.677. The monoisotopic (exact) mass is 169 g/mol. The first-order valence-electron chi connectivity index (χ1n) is 4.73. The van der Waals surface area contributed by atoms with E-state index in [-0.39, 0.29) is 5.92 Å². The van der Waals surface area contributed by atoms with E-state index < -0.39 is 5.97 Å². The second kappa shape index (κ2) is 3.05. The zero-order valence-corrected chi connectivity index (χ0v) is 7.12. The molecular formula is C9H15NO2. The third-order valence-corrected chi connectivity index (χ3v) is 3.22. The fourth-order valence-electron chi connectivity index (χ4n) is 2.52. The molecule has 0 bridgehead atoms. The number of aliphatic carboxylic acids is 1. The number of carboxylic acid groups (broad SMARTS) is 1. The number of nitrogens with one attached hydrogen (secondary N) is 1. The average molecular weight is 169 g/mol. The molecule has 2 fully saturated rings. The van der Waals surface area contributed by atoms with Gasteiger partial charge in [0.25, 0.3) is 0 Å². The van der Waals surface area contributed by atoms with Crippen LogP contribution in [0.4, 0.5) is 0 Å². The predicted molar refractivity (Wildman–Crippen MR) is 44.9 cm³/mol. The first-order chi connectivity index (χ1) is 5.77. The number of hydrogen-bond acceptors (Lipinski definition) is 2. The highest BCUT2D eigenvalue weighted by Crippen LogP contribution is 2.33. The molecular weight excluding hydrogens is 154 g/mol. The Balaban J connectivity index is 1.96. The van der Waals surface area contributed by atoms with Crippen LogP contribution in [0.1, 0.15) is 25.7 Å². The molecule has 0 aromatic carbocycles. The highest BCUT2D eigenvalue weighted by atomic mass is 16.4. The topological polar surface area (TPSA) is 49.3 Å². The SMILES string of the molecule is O=C(O)C1CN[C@H]2CCC[C@H]2C1. The van der Waals surface area contributed by atoms with E-state index in [1.165, 1.54) is 19.3 Å². The Hall–Kier alpha value is -0.570. The van der Waals surface area contributed by atoms with Crippen molar-refractivity contribution < 1.29 is 9.90 Å². The van der Waals surface area contributed by atoms with E-state index in [0.29, 0.717) is 18.5 Å². The smallest absolute Gasteiger partial charge is 0.307 e. The zero-order valence-electron chi connectivity index (χ0n) is 7.12. The van der Waals surface area contributed by atoms with Crippen molar-refractivity contribution in [2.75, 3.05) is 6.54 Å². The molecule has 2 rings (SSSR count). The lowest BCUT2D eigenvalue weighted by atomic mass is 9.86. The third kappa shape index (κ3) is 1.33. The number of rotatable bonds is 1. The number of carbonyl (C=O) groups is 1. The van der Waals surface area contributed by atoms with Gasteiger partial charge in [0.2, 0.25) is 0 Å². The lowest BCUT2D eigenvalue weighted by Crippen LogP contribution is -2.44. The lowest BCUT2D eigenvalue weighted by molar-refractivity contribution is -0.143. The van der Waals surface area contributed by atoms with Gasteiger partial charge >= 0.3 is 5.97 Å². The van der Waals surface area contributed by atoms with E-state index >= 15 is 0 Å². The van der Waals surface area contributed by atoms with E-state index in [4.69, 9.17) is 5.11 Å². The molecule has 1 saturated heterocycles. The fourth-order valence-corrected chi connectivity index (χ4v) is 2.52. The van der Waals surface area contributed by atoms with Gasteiger partial charge in [-0.2, -0.15) is 0 Å². The molecule has 1 saturated carbocycles. The van der Waals surface area contributed by atoms with Gasteiger partial charge in [-0.3, -0.25) is 4.79 Å². The lowest BCUT2D eigenvalue weighted by Gasteiger charge is -2.30. The molecule has 12 heavy (non-hydrogen) atoms. The Bertz CT molecular complexity index is 193. The van der Waals surface area contributed by atoms with Crippen LogP contribution in [0.25, 0.3) is 0 Å². The van der Waals surface area contributed by atoms with Gasteiger partial charge in [-0.25, -0.2) is 0 Å². The van der Waals surface area contributed by atoms with E-state index in [1.807, 2.05) is 0 Å². The first kappa shape index (κ1) is 8.05. The Morgan fingerprint density at radius 3 is 3.00 bits per heavy atom. The summed E-state index contributed by atoms with van der Waals surface area (Å²) < 4.78 is 0. The van der Waals surface area contributed by atoms with Crippen molar-refractivity contribution in [2.45, 2.75) is 31.7 Å². The molecule has 0 spiro atoms. The highest BCUT2D eigenvalue weighted by molar-refractivity contribution is 5.70. The molecule has 3 heteroatoms. The predicted octanol–water partition coefficient (Wildman–Crippen LogP) is 0.849. The number of fused-ring (bicyclic) bond motifs is 1. The van der Waals surface area contributed by atoms with E-state index in [0.717, 1.165) is 6.42 Å². The largest absolute Gasteiger partial charge is 0.481 e. The summed E-state index contributed by atoms with van der Waals surface area (Å²) in [6.07, 6.45) is 4.64. The van der Waals surface area contributed by atoms with Gasteiger partial charge in [-0.05, 0) is 25.2 Å². The summed E-state index contributed by atoms with van der Waals surface area (Å²) in [5, 5.41) is 12.1. The highest BCUT2D eigenvalue weighted by Gasteiger charge is 2.35. The van der Waals surface area contributed by atoms with E-state index in [1.54, 1.807) is 0 Å². The standard InChI is InChI=1S/C9H15NO2/c11-9(12)7-4-6-2-1-3-8(6)10-5-7/h6-8,10H,1-5H2,(H,11,12)/t6-,7?,8-/m0/s1. The third-order valence-electron chi connectivity index (χ3n) is 3.22.